The van der Waals surface area contributed by atoms with Crippen LogP contribution in [0.4, 0.5) is 17.4 Å². The zero-order valence-electron chi connectivity index (χ0n) is 17.8. The van der Waals surface area contributed by atoms with Gasteiger partial charge in [0.25, 0.3) is 6.01 Å². The van der Waals surface area contributed by atoms with E-state index in [0.717, 1.165) is 11.3 Å². The number of hydrogen-bond donors (Lipinski definition) is 3. The van der Waals surface area contributed by atoms with E-state index in [0.29, 0.717) is 41.6 Å². The number of fused-ring (bicyclic) bond motifs is 1. The number of aliphatic carboxylic acids is 1. The number of benzene rings is 3. The lowest BCUT2D eigenvalue weighted by Gasteiger charge is -2.09. The zero-order chi connectivity index (χ0) is 23.0. The van der Waals surface area contributed by atoms with Crippen LogP contribution in [0.3, 0.4) is 0 Å². The lowest BCUT2D eigenvalue weighted by atomic mass is 10.1. The summed E-state index contributed by atoms with van der Waals surface area (Å²) in [5.74, 6) is -0.467. The van der Waals surface area contributed by atoms with Gasteiger partial charge in [-0.2, -0.15) is 4.98 Å². The van der Waals surface area contributed by atoms with E-state index < -0.39 is 5.97 Å². The predicted octanol–water partition coefficient (Wildman–Crippen LogP) is 5.00. The van der Waals surface area contributed by atoms with Gasteiger partial charge in [0.05, 0.1) is 13.0 Å². The molecular weight excluding hydrogens is 422 g/mol. The molecule has 3 aromatic carbocycles. The third kappa shape index (κ3) is 6.33. The number of carbonyl (C=O) groups is 2. The lowest BCUT2D eigenvalue weighted by molar-refractivity contribution is -0.137. The van der Waals surface area contributed by atoms with Gasteiger partial charge in [-0.1, -0.05) is 30.3 Å². The standard InChI is InChI=1S/C25H23N3O5/c29-23(26-19-8-4-9-20(16-19)32-13-5-10-24(30)31)15-17-11-12-21-22(14-17)33-25(28-21)27-18-6-2-1-3-7-18/h1-4,6-9,11-12,14,16H,5,10,13,15H2,(H,26,29)(H,27,28)(H,30,31). The summed E-state index contributed by atoms with van der Waals surface area (Å²) in [4.78, 5) is 27.5. The first kappa shape index (κ1) is 21.9. The number of ether oxygens (including phenoxy) is 1. The van der Waals surface area contributed by atoms with Crippen LogP contribution in [0.2, 0.25) is 0 Å². The molecule has 0 fully saturated rings. The number of carboxylic acid groups (broad SMARTS) is 1. The van der Waals surface area contributed by atoms with Crippen molar-refractivity contribution in [3.63, 3.8) is 0 Å². The minimum Gasteiger partial charge on any atom is -0.494 e. The summed E-state index contributed by atoms with van der Waals surface area (Å²) >= 11 is 0. The third-order valence-corrected chi connectivity index (χ3v) is 4.76. The second kappa shape index (κ2) is 10.3. The molecule has 8 heteroatoms. The molecule has 0 spiro atoms. The number of rotatable bonds is 10. The van der Waals surface area contributed by atoms with Crippen molar-refractivity contribution >= 4 is 40.4 Å². The Labute approximate surface area is 190 Å². The van der Waals surface area contributed by atoms with Gasteiger partial charge in [0.1, 0.15) is 11.3 Å². The Balaban J connectivity index is 1.35. The van der Waals surface area contributed by atoms with Crippen molar-refractivity contribution in [2.75, 3.05) is 17.2 Å². The van der Waals surface area contributed by atoms with E-state index in [2.05, 4.69) is 15.6 Å². The number of carbonyl (C=O) groups excluding carboxylic acids is 1. The maximum atomic E-state index is 12.5. The minimum atomic E-state index is -0.855. The molecule has 0 aliphatic carbocycles. The number of oxazole rings is 1. The van der Waals surface area contributed by atoms with E-state index in [1.54, 1.807) is 30.3 Å². The van der Waals surface area contributed by atoms with Crippen LogP contribution in [-0.2, 0) is 16.0 Å². The summed E-state index contributed by atoms with van der Waals surface area (Å²) in [6.07, 6.45) is 0.635. The Kier molecular flexibility index (Phi) is 6.84. The first-order valence-electron chi connectivity index (χ1n) is 10.5. The molecule has 1 aromatic heterocycles. The fraction of sp³-hybridized carbons (Fsp3) is 0.160. The molecule has 1 heterocycles. The quantitative estimate of drug-likeness (QED) is 0.295. The van der Waals surface area contributed by atoms with Crippen molar-refractivity contribution in [1.82, 2.24) is 4.98 Å². The number of aromatic nitrogens is 1. The minimum absolute atomic E-state index is 0.0514. The molecule has 4 aromatic rings. The Morgan fingerprint density at radius 1 is 0.970 bits per heavy atom. The van der Waals surface area contributed by atoms with E-state index in [9.17, 15) is 9.59 Å². The third-order valence-electron chi connectivity index (χ3n) is 4.76. The van der Waals surface area contributed by atoms with Crippen LogP contribution in [0.1, 0.15) is 18.4 Å². The Morgan fingerprint density at radius 2 is 1.79 bits per heavy atom. The highest BCUT2D eigenvalue weighted by Gasteiger charge is 2.10. The van der Waals surface area contributed by atoms with E-state index >= 15 is 0 Å². The Morgan fingerprint density at radius 3 is 2.61 bits per heavy atom. The van der Waals surface area contributed by atoms with E-state index in [-0.39, 0.29) is 18.7 Å². The molecule has 0 aliphatic heterocycles. The van der Waals surface area contributed by atoms with Crippen molar-refractivity contribution in [2.24, 2.45) is 0 Å². The van der Waals surface area contributed by atoms with Crippen molar-refractivity contribution in [3.8, 4) is 5.75 Å². The molecule has 0 saturated carbocycles. The number of hydrogen-bond acceptors (Lipinski definition) is 6. The summed E-state index contributed by atoms with van der Waals surface area (Å²) in [5.41, 5.74) is 3.56. The van der Waals surface area contributed by atoms with Gasteiger partial charge in [-0.15, -0.1) is 0 Å². The van der Waals surface area contributed by atoms with Crippen LogP contribution in [0, 0.1) is 0 Å². The van der Waals surface area contributed by atoms with Crippen LogP contribution in [0.15, 0.2) is 77.2 Å². The fourth-order valence-corrected chi connectivity index (χ4v) is 3.25. The highest BCUT2D eigenvalue weighted by molar-refractivity contribution is 5.93. The first-order chi connectivity index (χ1) is 16.0. The van der Waals surface area contributed by atoms with E-state index in [4.69, 9.17) is 14.3 Å². The molecule has 0 atom stereocenters. The molecule has 0 radical (unpaired) electrons. The number of nitrogens with zero attached hydrogens (tertiary/aromatic N) is 1. The molecule has 0 saturated heterocycles. The van der Waals surface area contributed by atoms with Gasteiger partial charge in [0.2, 0.25) is 5.91 Å². The van der Waals surface area contributed by atoms with Crippen LogP contribution in [0.5, 0.6) is 5.75 Å². The van der Waals surface area contributed by atoms with Crippen LogP contribution in [0.25, 0.3) is 11.1 Å². The van der Waals surface area contributed by atoms with Gasteiger partial charge in [0.15, 0.2) is 5.58 Å². The summed E-state index contributed by atoms with van der Waals surface area (Å²) in [5, 5.41) is 14.7. The van der Waals surface area contributed by atoms with Gasteiger partial charge in [-0.25, -0.2) is 0 Å². The second-order valence-electron chi connectivity index (χ2n) is 7.41. The molecule has 0 bridgehead atoms. The number of carboxylic acids is 1. The molecule has 0 aliphatic rings. The molecule has 168 valence electrons. The van der Waals surface area contributed by atoms with Crippen molar-refractivity contribution in [2.45, 2.75) is 19.3 Å². The Bertz CT molecular complexity index is 1250. The monoisotopic (exact) mass is 445 g/mol. The number of nitrogens with one attached hydrogen (secondary N) is 2. The largest absolute Gasteiger partial charge is 0.494 e. The average molecular weight is 445 g/mol. The normalized spacial score (nSPS) is 10.7. The molecule has 33 heavy (non-hydrogen) atoms. The highest BCUT2D eigenvalue weighted by atomic mass is 16.5. The van der Waals surface area contributed by atoms with E-state index in [1.165, 1.54) is 0 Å². The fourth-order valence-electron chi connectivity index (χ4n) is 3.25. The van der Waals surface area contributed by atoms with Crippen LogP contribution in [-0.4, -0.2) is 28.6 Å². The molecule has 8 nitrogen and oxygen atoms in total. The molecular formula is C25H23N3O5. The molecule has 1 amide bonds. The average Bonchev–Trinajstić information content (AvgIpc) is 3.19. The lowest BCUT2D eigenvalue weighted by Crippen LogP contribution is -2.14. The first-order valence-corrected chi connectivity index (χ1v) is 10.5. The van der Waals surface area contributed by atoms with Crippen molar-refractivity contribution in [1.29, 1.82) is 0 Å². The van der Waals surface area contributed by atoms with Crippen molar-refractivity contribution < 1.29 is 23.8 Å². The Hall–Kier alpha value is -4.33. The summed E-state index contributed by atoms with van der Waals surface area (Å²) in [6, 6.07) is 22.5. The summed E-state index contributed by atoms with van der Waals surface area (Å²) in [7, 11) is 0. The van der Waals surface area contributed by atoms with Gasteiger partial charge in [-0.3, -0.25) is 9.59 Å². The van der Waals surface area contributed by atoms with Crippen molar-refractivity contribution in [3.05, 3.63) is 78.4 Å². The van der Waals surface area contributed by atoms with Gasteiger partial charge in [0, 0.05) is 23.9 Å². The molecule has 3 N–H and O–H groups in total. The molecule has 4 rings (SSSR count). The maximum absolute atomic E-state index is 12.5. The second-order valence-corrected chi connectivity index (χ2v) is 7.41. The van der Waals surface area contributed by atoms with Gasteiger partial charge < -0.3 is 24.9 Å². The SMILES string of the molecule is O=C(O)CCCOc1cccc(NC(=O)Cc2ccc3nc(Nc4ccccc4)oc3c2)c1. The number of amides is 1. The topological polar surface area (TPSA) is 114 Å². The summed E-state index contributed by atoms with van der Waals surface area (Å²) in [6.45, 7) is 0.294. The predicted molar refractivity (Wildman–Crippen MR) is 125 cm³/mol. The highest BCUT2D eigenvalue weighted by Crippen LogP contribution is 2.24. The smallest absolute Gasteiger partial charge is 0.303 e. The van der Waals surface area contributed by atoms with Gasteiger partial charge >= 0.3 is 5.97 Å². The van der Waals surface area contributed by atoms with E-state index in [1.807, 2.05) is 42.5 Å². The number of para-hydroxylation sites is 1. The zero-order valence-corrected chi connectivity index (χ0v) is 17.8. The maximum Gasteiger partial charge on any atom is 0.303 e. The molecule has 0 unspecified atom stereocenters. The van der Waals surface area contributed by atoms with Gasteiger partial charge in [-0.05, 0) is 48.4 Å². The van der Waals surface area contributed by atoms with Crippen LogP contribution >= 0.6 is 0 Å². The number of anilines is 3. The van der Waals surface area contributed by atoms with Crippen LogP contribution < -0.4 is 15.4 Å². The summed E-state index contributed by atoms with van der Waals surface area (Å²) < 4.78 is 11.3.